The van der Waals surface area contributed by atoms with Crippen LogP contribution in [-0.2, 0) is 4.79 Å². The number of thiophene rings is 2. The molecule has 1 atom stereocenters. The van der Waals surface area contributed by atoms with Crippen LogP contribution in [-0.4, -0.2) is 15.9 Å². The first-order valence-corrected chi connectivity index (χ1v) is 10.5. The van der Waals surface area contributed by atoms with Crippen LogP contribution in [0.5, 0.6) is 0 Å². The Morgan fingerprint density at radius 2 is 2.00 bits per heavy atom. The van der Waals surface area contributed by atoms with Crippen molar-refractivity contribution >= 4 is 50.2 Å². The van der Waals surface area contributed by atoms with Gasteiger partial charge in [0.25, 0.3) is 5.56 Å². The largest absolute Gasteiger partial charge is 0.375 e. The van der Waals surface area contributed by atoms with Gasteiger partial charge in [-0.15, -0.1) is 22.7 Å². The highest BCUT2D eigenvalue weighted by Crippen LogP contribution is 2.33. The number of hydrogen-bond acceptors (Lipinski definition) is 6. The molecule has 0 saturated heterocycles. The Balaban J connectivity index is 1.63. The molecule has 4 rings (SSSR count). The second-order valence-corrected chi connectivity index (χ2v) is 8.19. The molecule has 0 saturated carbocycles. The second kappa shape index (κ2) is 7.57. The highest BCUT2D eigenvalue weighted by atomic mass is 32.1. The van der Waals surface area contributed by atoms with E-state index in [9.17, 15) is 9.59 Å². The summed E-state index contributed by atoms with van der Waals surface area (Å²) in [5.41, 5.74) is 2.33. The van der Waals surface area contributed by atoms with Crippen molar-refractivity contribution < 1.29 is 4.79 Å². The molecule has 0 aliphatic heterocycles. The molecule has 0 aliphatic carbocycles. The molecule has 3 N–H and O–H groups in total. The van der Waals surface area contributed by atoms with Crippen molar-refractivity contribution in [3.8, 4) is 10.4 Å². The van der Waals surface area contributed by atoms with E-state index in [-0.39, 0.29) is 17.5 Å². The summed E-state index contributed by atoms with van der Waals surface area (Å²) in [4.78, 5) is 33.4. The Kier molecular flexibility index (Phi) is 4.97. The minimum atomic E-state index is -0.211. The van der Waals surface area contributed by atoms with Crippen LogP contribution in [0.2, 0.25) is 0 Å². The third kappa shape index (κ3) is 3.69. The summed E-state index contributed by atoms with van der Waals surface area (Å²) in [6.07, 6.45) is 0. The van der Waals surface area contributed by atoms with E-state index in [1.54, 1.807) is 11.3 Å². The van der Waals surface area contributed by atoms with E-state index in [1.165, 1.54) is 18.3 Å². The molecule has 28 heavy (non-hydrogen) atoms. The van der Waals surface area contributed by atoms with Gasteiger partial charge in [-0.05, 0) is 36.6 Å². The van der Waals surface area contributed by atoms with E-state index in [4.69, 9.17) is 0 Å². The average molecular weight is 411 g/mol. The quantitative estimate of drug-likeness (QED) is 0.439. The smallest absolute Gasteiger partial charge is 0.260 e. The molecular weight excluding hydrogens is 392 g/mol. The zero-order valence-corrected chi connectivity index (χ0v) is 16.9. The summed E-state index contributed by atoms with van der Waals surface area (Å²) in [6, 6.07) is 11.2. The van der Waals surface area contributed by atoms with Gasteiger partial charge < -0.3 is 15.6 Å². The average Bonchev–Trinajstić information content (AvgIpc) is 3.30. The molecule has 142 valence electrons. The normalized spacial score (nSPS) is 12.1. The van der Waals surface area contributed by atoms with Crippen LogP contribution in [0, 0.1) is 0 Å². The number of benzene rings is 1. The summed E-state index contributed by atoms with van der Waals surface area (Å²) < 4.78 is 0. The van der Waals surface area contributed by atoms with Crippen LogP contribution in [0.4, 0.5) is 11.4 Å². The summed E-state index contributed by atoms with van der Waals surface area (Å²) in [7, 11) is 0. The van der Waals surface area contributed by atoms with Crippen molar-refractivity contribution in [1.82, 2.24) is 9.97 Å². The van der Waals surface area contributed by atoms with Gasteiger partial charge in [-0.2, -0.15) is 0 Å². The van der Waals surface area contributed by atoms with Gasteiger partial charge >= 0.3 is 0 Å². The fourth-order valence-corrected chi connectivity index (χ4v) is 4.76. The number of hydrogen-bond donors (Lipinski definition) is 3. The van der Waals surface area contributed by atoms with Gasteiger partial charge in [0.05, 0.1) is 11.4 Å². The number of rotatable bonds is 5. The Bertz CT molecular complexity index is 1190. The maximum Gasteiger partial charge on any atom is 0.260 e. The lowest BCUT2D eigenvalue weighted by Gasteiger charge is -2.15. The molecule has 3 aromatic heterocycles. The van der Waals surface area contributed by atoms with Gasteiger partial charge in [0.15, 0.2) is 0 Å². The van der Waals surface area contributed by atoms with E-state index in [1.807, 2.05) is 54.1 Å². The molecule has 0 aliphatic rings. The number of nitrogens with zero attached hydrogens (tertiary/aromatic N) is 1. The van der Waals surface area contributed by atoms with Gasteiger partial charge in [0.2, 0.25) is 5.91 Å². The van der Waals surface area contributed by atoms with Crippen molar-refractivity contribution in [1.29, 1.82) is 0 Å². The fourth-order valence-electron chi connectivity index (χ4n) is 2.99. The van der Waals surface area contributed by atoms with Crippen molar-refractivity contribution in [2.24, 2.45) is 0 Å². The number of anilines is 2. The molecule has 1 aromatic carbocycles. The van der Waals surface area contributed by atoms with Gasteiger partial charge in [-0.1, -0.05) is 12.1 Å². The zero-order chi connectivity index (χ0) is 19.7. The zero-order valence-electron chi connectivity index (χ0n) is 15.3. The minimum absolute atomic E-state index is 0.124. The number of carbonyl (C=O) groups is 1. The lowest BCUT2D eigenvalue weighted by Crippen LogP contribution is -2.17. The predicted molar refractivity (Wildman–Crippen MR) is 116 cm³/mol. The monoisotopic (exact) mass is 410 g/mol. The molecule has 0 bridgehead atoms. The summed E-state index contributed by atoms with van der Waals surface area (Å²) in [5.74, 6) is 0.447. The van der Waals surface area contributed by atoms with Crippen LogP contribution in [0.15, 0.2) is 52.0 Å². The van der Waals surface area contributed by atoms with Crippen LogP contribution in [0.25, 0.3) is 20.7 Å². The van der Waals surface area contributed by atoms with Crippen molar-refractivity contribution in [2.45, 2.75) is 19.9 Å². The summed E-state index contributed by atoms with van der Waals surface area (Å²) in [5, 5.41) is 10.7. The lowest BCUT2D eigenvalue weighted by molar-refractivity contribution is -0.114. The van der Waals surface area contributed by atoms with Crippen molar-refractivity contribution in [3.63, 3.8) is 0 Å². The Hall–Kier alpha value is -2.97. The molecule has 1 amide bonds. The maximum atomic E-state index is 12.7. The lowest BCUT2D eigenvalue weighted by atomic mass is 10.2. The van der Waals surface area contributed by atoms with Crippen molar-refractivity contribution in [2.75, 3.05) is 10.6 Å². The summed E-state index contributed by atoms with van der Waals surface area (Å²) >= 11 is 3.08. The van der Waals surface area contributed by atoms with E-state index in [2.05, 4.69) is 20.6 Å². The molecule has 8 heteroatoms. The summed E-state index contributed by atoms with van der Waals surface area (Å²) in [6.45, 7) is 3.40. The fraction of sp³-hybridized carbons (Fsp3) is 0.150. The molecule has 0 unspecified atom stereocenters. The SMILES string of the molecule is CC(=O)Nc1cccc(N[C@H](C)c2nc3scc(-c4cccs4)c3c(=O)[nH]2)c1. The molecule has 0 spiro atoms. The number of fused-ring (bicyclic) bond motifs is 1. The maximum absolute atomic E-state index is 12.7. The van der Waals surface area contributed by atoms with Crippen molar-refractivity contribution in [3.05, 3.63) is 63.3 Å². The van der Waals surface area contributed by atoms with Gasteiger partial charge in [-0.3, -0.25) is 9.59 Å². The minimum Gasteiger partial charge on any atom is -0.375 e. The first kappa shape index (κ1) is 18.4. The van der Waals surface area contributed by atoms with Crippen LogP contribution < -0.4 is 16.2 Å². The molecule has 0 fully saturated rings. The molecule has 6 nitrogen and oxygen atoms in total. The van der Waals surface area contributed by atoms with E-state index >= 15 is 0 Å². The molecular formula is C20H18N4O2S2. The first-order valence-electron chi connectivity index (χ1n) is 8.71. The van der Waals surface area contributed by atoms with Crippen LogP contribution in [0.1, 0.15) is 25.7 Å². The predicted octanol–water partition coefficient (Wildman–Crippen LogP) is 4.84. The van der Waals surface area contributed by atoms with E-state index in [0.717, 1.165) is 21.0 Å². The number of nitrogens with one attached hydrogen (secondary N) is 3. The van der Waals surface area contributed by atoms with E-state index < -0.39 is 0 Å². The van der Waals surface area contributed by atoms with E-state index in [0.29, 0.717) is 16.9 Å². The highest BCUT2D eigenvalue weighted by Gasteiger charge is 2.16. The standard InChI is InChI=1S/C20H18N4O2S2/c1-11(21-13-5-3-6-14(9-13)22-12(2)25)18-23-19(26)17-15(10-28-20(17)24-18)16-7-4-8-27-16/h3-11,21H,1-2H3,(H,22,25)(H,23,24,26)/t11-/m1/s1. The number of H-pyrrole nitrogens is 1. The molecule has 3 heterocycles. The van der Waals surface area contributed by atoms with Crippen LogP contribution in [0.3, 0.4) is 0 Å². The molecule has 4 aromatic rings. The Morgan fingerprint density at radius 3 is 2.75 bits per heavy atom. The highest BCUT2D eigenvalue weighted by molar-refractivity contribution is 7.18. The number of amides is 1. The first-order chi connectivity index (χ1) is 13.5. The van der Waals surface area contributed by atoms with Gasteiger partial charge in [0, 0.05) is 34.1 Å². The van der Waals surface area contributed by atoms with Crippen LogP contribution >= 0.6 is 22.7 Å². The third-order valence-corrected chi connectivity index (χ3v) is 6.00. The number of aromatic nitrogens is 2. The number of aromatic amines is 1. The Morgan fingerprint density at radius 1 is 1.18 bits per heavy atom. The Labute approximate surface area is 169 Å². The second-order valence-electron chi connectivity index (χ2n) is 6.39. The topological polar surface area (TPSA) is 86.9 Å². The van der Waals surface area contributed by atoms with Gasteiger partial charge in [0.1, 0.15) is 10.7 Å². The molecule has 0 radical (unpaired) electrons. The van der Waals surface area contributed by atoms with Gasteiger partial charge in [-0.25, -0.2) is 4.98 Å². The third-order valence-electron chi connectivity index (χ3n) is 4.23. The number of carbonyl (C=O) groups excluding carboxylic acids is 1.